The zero-order valence-corrected chi connectivity index (χ0v) is 14.4. The van der Waals surface area contributed by atoms with Gasteiger partial charge in [0.25, 0.3) is 0 Å². The summed E-state index contributed by atoms with van der Waals surface area (Å²) in [6, 6.07) is 0. The summed E-state index contributed by atoms with van der Waals surface area (Å²) in [6.45, 7) is 2.65. The van der Waals surface area contributed by atoms with Gasteiger partial charge in [0, 0.05) is 25.8 Å². The topological polar surface area (TPSA) is 70.5 Å². The summed E-state index contributed by atoms with van der Waals surface area (Å²) in [7, 11) is 3.70. The van der Waals surface area contributed by atoms with Crippen LogP contribution in [-0.4, -0.2) is 71.0 Å². The molecule has 1 fully saturated rings. The number of likely N-dealkylation sites (tertiary alicyclic amines) is 1. The van der Waals surface area contributed by atoms with E-state index in [1.54, 1.807) is 6.20 Å². The number of nitrogens with zero attached hydrogens (tertiary/aromatic N) is 4. The van der Waals surface area contributed by atoms with Gasteiger partial charge in [0.2, 0.25) is 11.8 Å². The van der Waals surface area contributed by atoms with E-state index in [0.717, 1.165) is 32.5 Å². The molecule has 0 spiro atoms. The van der Waals surface area contributed by atoms with Crippen molar-refractivity contribution >= 4 is 29.1 Å². The molecule has 0 aliphatic carbocycles. The number of nitrogens with one attached hydrogen (secondary N) is 1. The second-order valence-electron chi connectivity index (χ2n) is 6.19. The fourth-order valence-corrected chi connectivity index (χ4v) is 2.90. The first-order valence-electron chi connectivity index (χ1n) is 7.78. The van der Waals surface area contributed by atoms with Crippen LogP contribution in [0.4, 0.5) is 5.69 Å². The van der Waals surface area contributed by atoms with Gasteiger partial charge < -0.3 is 15.1 Å². The number of hydrogen-bond acceptors (Lipinski definition) is 4. The lowest BCUT2D eigenvalue weighted by Gasteiger charge is -2.31. The molecule has 2 heterocycles. The minimum absolute atomic E-state index is 0.00935. The third-order valence-corrected chi connectivity index (χ3v) is 4.13. The van der Waals surface area contributed by atoms with Crippen molar-refractivity contribution in [3.63, 3.8) is 0 Å². The molecule has 2 amide bonds. The van der Waals surface area contributed by atoms with Crippen LogP contribution in [0.5, 0.6) is 0 Å². The largest absolute Gasteiger partial charge is 0.342 e. The Bertz CT molecular complexity index is 538. The quantitative estimate of drug-likeness (QED) is 0.779. The minimum atomic E-state index is -0.0533. The van der Waals surface area contributed by atoms with Crippen molar-refractivity contribution in [2.75, 3.05) is 44.9 Å². The van der Waals surface area contributed by atoms with Gasteiger partial charge >= 0.3 is 0 Å². The Labute approximate surface area is 141 Å². The molecule has 7 nitrogen and oxygen atoms in total. The number of halogens is 1. The van der Waals surface area contributed by atoms with Crippen LogP contribution in [0.25, 0.3) is 0 Å². The third kappa shape index (κ3) is 5.51. The maximum atomic E-state index is 11.7. The van der Waals surface area contributed by atoms with Crippen LogP contribution in [0.3, 0.4) is 0 Å². The Kier molecular flexibility index (Phi) is 6.41. The minimum Gasteiger partial charge on any atom is -0.342 e. The van der Waals surface area contributed by atoms with Crippen LogP contribution in [-0.2, 0) is 16.1 Å². The third-order valence-electron chi connectivity index (χ3n) is 3.90. The van der Waals surface area contributed by atoms with E-state index in [1.165, 1.54) is 0 Å². The zero-order valence-electron chi connectivity index (χ0n) is 13.7. The number of anilines is 1. The molecule has 0 aromatic carbocycles. The molecular weight excluding hydrogens is 318 g/mol. The van der Waals surface area contributed by atoms with Crippen molar-refractivity contribution in [3.8, 4) is 0 Å². The van der Waals surface area contributed by atoms with Crippen molar-refractivity contribution in [2.45, 2.75) is 19.4 Å². The van der Waals surface area contributed by atoms with Crippen molar-refractivity contribution in [2.24, 2.45) is 5.92 Å². The Morgan fingerprint density at radius 2 is 2.09 bits per heavy atom. The number of rotatable bonds is 6. The number of likely N-dealkylation sites (N-methyl/N-ethyl adjacent to an activating group) is 1. The van der Waals surface area contributed by atoms with Crippen molar-refractivity contribution in [3.05, 3.63) is 12.4 Å². The molecule has 1 aromatic heterocycles. The van der Waals surface area contributed by atoms with E-state index in [4.69, 9.17) is 11.6 Å². The van der Waals surface area contributed by atoms with Crippen molar-refractivity contribution in [1.29, 1.82) is 0 Å². The Morgan fingerprint density at radius 3 is 2.70 bits per heavy atom. The van der Waals surface area contributed by atoms with Crippen LogP contribution in [0.2, 0.25) is 0 Å². The molecule has 0 saturated carbocycles. The number of carbonyl (C=O) groups excluding carboxylic acids is 2. The maximum Gasteiger partial charge on any atom is 0.238 e. The predicted molar refractivity (Wildman–Crippen MR) is 89.4 cm³/mol. The lowest BCUT2D eigenvalue weighted by atomic mass is 9.97. The lowest BCUT2D eigenvalue weighted by Crippen LogP contribution is -2.40. The molecule has 0 unspecified atom stereocenters. The van der Waals surface area contributed by atoms with Crippen LogP contribution in [0, 0.1) is 5.92 Å². The van der Waals surface area contributed by atoms with Crippen LogP contribution in [0.1, 0.15) is 12.8 Å². The standard InChI is InChI=1S/C15H24ClN5O2/c1-19(2)11-14(22)18-13-8-17-21(10-13)9-12-3-5-20(6-4-12)15(23)7-16/h8,10,12H,3-7,9,11H2,1-2H3,(H,18,22). The number of piperidine rings is 1. The second-order valence-corrected chi connectivity index (χ2v) is 6.46. The van der Waals surface area contributed by atoms with Gasteiger partial charge in [-0.3, -0.25) is 14.3 Å². The number of alkyl halides is 1. The first-order chi connectivity index (χ1) is 11.0. The molecule has 128 valence electrons. The predicted octanol–water partition coefficient (Wildman–Crippen LogP) is 0.861. The van der Waals surface area contributed by atoms with E-state index in [2.05, 4.69) is 10.4 Å². The molecule has 1 saturated heterocycles. The molecule has 0 radical (unpaired) electrons. The molecule has 1 aliphatic rings. The SMILES string of the molecule is CN(C)CC(=O)Nc1cnn(CC2CCN(C(=O)CCl)CC2)c1. The van der Waals surface area contributed by atoms with E-state index in [9.17, 15) is 9.59 Å². The van der Waals surface area contributed by atoms with Gasteiger partial charge in [-0.05, 0) is 32.9 Å². The monoisotopic (exact) mass is 341 g/mol. The van der Waals surface area contributed by atoms with E-state index in [1.807, 2.05) is 34.8 Å². The van der Waals surface area contributed by atoms with Crippen LogP contribution < -0.4 is 5.32 Å². The Balaban J connectivity index is 1.79. The van der Waals surface area contributed by atoms with Crippen LogP contribution >= 0.6 is 11.6 Å². The molecular formula is C15H24ClN5O2. The fraction of sp³-hybridized carbons (Fsp3) is 0.667. The highest BCUT2D eigenvalue weighted by molar-refractivity contribution is 6.27. The lowest BCUT2D eigenvalue weighted by molar-refractivity contribution is -0.129. The highest BCUT2D eigenvalue weighted by Gasteiger charge is 2.22. The average molecular weight is 342 g/mol. The van der Waals surface area contributed by atoms with Gasteiger partial charge in [0.15, 0.2) is 0 Å². The normalized spacial score (nSPS) is 15.9. The van der Waals surface area contributed by atoms with E-state index < -0.39 is 0 Å². The number of aromatic nitrogens is 2. The molecule has 0 bridgehead atoms. The number of hydrogen-bond donors (Lipinski definition) is 1. The Hall–Kier alpha value is -1.60. The van der Waals surface area contributed by atoms with Gasteiger partial charge in [-0.1, -0.05) is 0 Å². The number of carbonyl (C=O) groups is 2. The molecule has 23 heavy (non-hydrogen) atoms. The first-order valence-corrected chi connectivity index (χ1v) is 8.32. The van der Waals surface area contributed by atoms with E-state index in [0.29, 0.717) is 18.2 Å². The summed E-state index contributed by atoms with van der Waals surface area (Å²) < 4.78 is 1.86. The maximum absolute atomic E-state index is 11.7. The summed E-state index contributed by atoms with van der Waals surface area (Å²) in [6.07, 6.45) is 5.42. The molecule has 8 heteroatoms. The van der Waals surface area contributed by atoms with Crippen LogP contribution in [0.15, 0.2) is 12.4 Å². The zero-order chi connectivity index (χ0) is 16.8. The molecule has 1 aromatic rings. The molecule has 0 atom stereocenters. The smallest absolute Gasteiger partial charge is 0.238 e. The second kappa shape index (κ2) is 8.31. The van der Waals surface area contributed by atoms with Crippen molar-refractivity contribution < 1.29 is 9.59 Å². The Morgan fingerprint density at radius 1 is 1.39 bits per heavy atom. The van der Waals surface area contributed by atoms with E-state index >= 15 is 0 Å². The summed E-state index contributed by atoms with van der Waals surface area (Å²) in [5.41, 5.74) is 0.714. The summed E-state index contributed by atoms with van der Waals surface area (Å²) in [5.74, 6) is 0.497. The van der Waals surface area contributed by atoms with Gasteiger partial charge in [-0.2, -0.15) is 5.10 Å². The van der Waals surface area contributed by atoms with Gasteiger partial charge in [-0.15, -0.1) is 11.6 Å². The van der Waals surface area contributed by atoms with E-state index in [-0.39, 0.29) is 17.7 Å². The van der Waals surface area contributed by atoms with Gasteiger partial charge in [-0.25, -0.2) is 0 Å². The summed E-state index contributed by atoms with van der Waals surface area (Å²) in [4.78, 5) is 26.9. The molecule has 2 rings (SSSR count). The van der Waals surface area contributed by atoms with Gasteiger partial charge in [0.05, 0.1) is 18.4 Å². The fourth-order valence-electron chi connectivity index (χ4n) is 2.73. The van der Waals surface area contributed by atoms with Gasteiger partial charge in [0.1, 0.15) is 5.88 Å². The molecule has 1 N–H and O–H groups in total. The van der Waals surface area contributed by atoms with Crippen molar-refractivity contribution in [1.82, 2.24) is 19.6 Å². The molecule has 1 aliphatic heterocycles. The summed E-state index contributed by atoms with van der Waals surface area (Å²) in [5, 5.41) is 7.13. The first kappa shape index (κ1) is 17.7. The number of amides is 2. The average Bonchev–Trinajstić information content (AvgIpc) is 2.93. The highest BCUT2D eigenvalue weighted by Crippen LogP contribution is 2.20. The highest BCUT2D eigenvalue weighted by atomic mass is 35.5. The summed E-state index contributed by atoms with van der Waals surface area (Å²) >= 11 is 5.58.